The molecule has 1 aromatic rings. The molecule has 0 bridgehead atoms. The quantitative estimate of drug-likeness (QED) is 0.261. The average Bonchev–Trinajstić information content (AvgIpc) is 2.62. The maximum atomic E-state index is 12.3. The Hall–Kier alpha value is -1.23. The number of para-hydroxylation sites is 1. The van der Waals surface area contributed by atoms with Crippen LogP contribution in [0.5, 0.6) is 5.75 Å². The molecule has 0 aliphatic carbocycles. The minimum absolute atomic E-state index is 0. The maximum Gasteiger partial charge on any atom is 0.401 e. The van der Waals surface area contributed by atoms with Gasteiger partial charge in [0.1, 0.15) is 11.9 Å². The number of ether oxygens (including phenoxy) is 1. The second-order valence-electron chi connectivity index (χ2n) is 6.80. The van der Waals surface area contributed by atoms with E-state index in [2.05, 4.69) is 15.2 Å². The third kappa shape index (κ3) is 9.31. The summed E-state index contributed by atoms with van der Waals surface area (Å²) < 4.78 is 42.9. The van der Waals surface area contributed by atoms with E-state index in [4.69, 9.17) is 4.74 Å². The van der Waals surface area contributed by atoms with E-state index in [0.717, 1.165) is 37.6 Å². The summed E-state index contributed by atoms with van der Waals surface area (Å²) >= 11 is 0. The Kier molecular flexibility index (Phi) is 10.9. The molecule has 1 aromatic carbocycles. The number of rotatable bonds is 7. The molecule has 0 radical (unpaired) electrons. The molecule has 9 heteroatoms. The van der Waals surface area contributed by atoms with Gasteiger partial charge in [0, 0.05) is 39.5 Å². The molecule has 1 saturated heterocycles. The number of piperidine rings is 1. The molecular formula is C19H30F3IN4O. The number of nitrogens with one attached hydrogen (secondary N) is 1. The van der Waals surface area contributed by atoms with Gasteiger partial charge >= 0.3 is 6.18 Å². The summed E-state index contributed by atoms with van der Waals surface area (Å²) in [7, 11) is 3.21. The molecular weight excluding hydrogens is 484 g/mol. The fourth-order valence-electron chi connectivity index (χ4n) is 3.14. The van der Waals surface area contributed by atoms with Crippen LogP contribution in [0.25, 0.3) is 0 Å². The fraction of sp³-hybridized carbons (Fsp3) is 0.632. The van der Waals surface area contributed by atoms with Crippen molar-refractivity contribution in [3.05, 3.63) is 30.3 Å². The van der Waals surface area contributed by atoms with Crippen molar-refractivity contribution in [1.82, 2.24) is 15.1 Å². The average molecular weight is 514 g/mol. The Morgan fingerprint density at radius 3 is 2.46 bits per heavy atom. The minimum Gasteiger partial charge on any atom is -0.490 e. The maximum absolute atomic E-state index is 12.3. The number of aliphatic imine (C=N–C) groups is 1. The van der Waals surface area contributed by atoms with Gasteiger partial charge in [0.05, 0.1) is 6.54 Å². The predicted octanol–water partition coefficient (Wildman–Crippen LogP) is 3.61. The third-order valence-corrected chi connectivity index (χ3v) is 4.45. The number of guanidine groups is 1. The predicted molar refractivity (Wildman–Crippen MR) is 117 cm³/mol. The Labute approximate surface area is 182 Å². The van der Waals surface area contributed by atoms with E-state index in [-0.39, 0.29) is 30.1 Å². The molecule has 0 unspecified atom stereocenters. The van der Waals surface area contributed by atoms with E-state index in [1.807, 2.05) is 30.3 Å². The van der Waals surface area contributed by atoms with Crippen molar-refractivity contribution in [3.63, 3.8) is 0 Å². The van der Waals surface area contributed by atoms with Crippen molar-refractivity contribution >= 4 is 29.9 Å². The molecule has 0 atom stereocenters. The number of alkyl halides is 3. The first-order valence-corrected chi connectivity index (χ1v) is 9.30. The van der Waals surface area contributed by atoms with Crippen LogP contribution in [0.2, 0.25) is 0 Å². The van der Waals surface area contributed by atoms with E-state index in [1.54, 1.807) is 7.05 Å². The summed E-state index contributed by atoms with van der Waals surface area (Å²) in [6.45, 7) is 1.78. The molecule has 160 valence electrons. The largest absolute Gasteiger partial charge is 0.490 e. The number of nitrogens with zero attached hydrogens (tertiary/aromatic N) is 3. The zero-order valence-electron chi connectivity index (χ0n) is 16.4. The molecule has 1 fully saturated rings. The van der Waals surface area contributed by atoms with Crippen molar-refractivity contribution in [3.8, 4) is 5.75 Å². The van der Waals surface area contributed by atoms with Crippen molar-refractivity contribution < 1.29 is 17.9 Å². The van der Waals surface area contributed by atoms with Gasteiger partial charge in [-0.3, -0.25) is 9.89 Å². The summed E-state index contributed by atoms with van der Waals surface area (Å²) in [6.07, 6.45) is -1.52. The van der Waals surface area contributed by atoms with Crippen LogP contribution in [-0.4, -0.2) is 74.9 Å². The third-order valence-electron chi connectivity index (χ3n) is 4.45. The first-order valence-electron chi connectivity index (χ1n) is 9.30. The van der Waals surface area contributed by atoms with Crippen LogP contribution in [0.1, 0.15) is 19.3 Å². The Balaban J connectivity index is 0.00000392. The van der Waals surface area contributed by atoms with Crippen LogP contribution >= 0.6 is 24.0 Å². The second-order valence-corrected chi connectivity index (χ2v) is 6.80. The number of benzene rings is 1. The van der Waals surface area contributed by atoms with E-state index >= 15 is 0 Å². The zero-order valence-corrected chi connectivity index (χ0v) is 18.7. The number of hydrogen-bond donors (Lipinski definition) is 1. The van der Waals surface area contributed by atoms with Gasteiger partial charge in [0.15, 0.2) is 5.96 Å². The van der Waals surface area contributed by atoms with Gasteiger partial charge in [-0.15, -0.1) is 24.0 Å². The molecule has 1 heterocycles. The molecule has 28 heavy (non-hydrogen) atoms. The van der Waals surface area contributed by atoms with Gasteiger partial charge in [0.2, 0.25) is 0 Å². The van der Waals surface area contributed by atoms with Crippen LogP contribution in [0, 0.1) is 0 Å². The molecule has 0 saturated carbocycles. The lowest BCUT2D eigenvalue weighted by Crippen LogP contribution is -2.48. The second kappa shape index (κ2) is 12.4. The summed E-state index contributed by atoms with van der Waals surface area (Å²) in [5, 5.41) is 3.25. The highest BCUT2D eigenvalue weighted by molar-refractivity contribution is 14.0. The lowest BCUT2D eigenvalue weighted by atomic mass is 10.1. The van der Waals surface area contributed by atoms with Gasteiger partial charge in [-0.2, -0.15) is 13.2 Å². The summed E-state index contributed by atoms with van der Waals surface area (Å²) in [4.78, 5) is 7.75. The number of hydrogen-bond acceptors (Lipinski definition) is 3. The van der Waals surface area contributed by atoms with Gasteiger partial charge in [-0.25, -0.2) is 0 Å². The van der Waals surface area contributed by atoms with E-state index in [1.165, 1.54) is 11.9 Å². The standard InChI is InChI=1S/C19H29F3N4O.HI/c1-23-18(24-11-6-12-25(2)15-19(20,21)22)26-13-9-17(10-14-26)27-16-7-4-3-5-8-16;/h3-5,7-8,17H,6,9-15H2,1-2H3,(H,23,24);1H. The molecule has 1 N–H and O–H groups in total. The van der Waals surface area contributed by atoms with Gasteiger partial charge in [-0.05, 0) is 32.1 Å². The van der Waals surface area contributed by atoms with E-state index in [0.29, 0.717) is 19.5 Å². The van der Waals surface area contributed by atoms with Crippen LogP contribution in [0.15, 0.2) is 35.3 Å². The van der Waals surface area contributed by atoms with Crippen LogP contribution in [0.3, 0.4) is 0 Å². The van der Waals surface area contributed by atoms with E-state index in [9.17, 15) is 13.2 Å². The van der Waals surface area contributed by atoms with Crippen LogP contribution in [-0.2, 0) is 0 Å². The number of halogens is 4. The highest BCUT2D eigenvalue weighted by atomic mass is 127. The Morgan fingerprint density at radius 1 is 1.25 bits per heavy atom. The van der Waals surface area contributed by atoms with Gasteiger partial charge in [0.25, 0.3) is 0 Å². The summed E-state index contributed by atoms with van der Waals surface area (Å²) in [5.41, 5.74) is 0. The molecule has 2 rings (SSSR count). The van der Waals surface area contributed by atoms with Gasteiger partial charge in [-0.1, -0.05) is 18.2 Å². The van der Waals surface area contributed by atoms with Crippen molar-refractivity contribution in [2.45, 2.75) is 31.5 Å². The monoisotopic (exact) mass is 514 g/mol. The first-order chi connectivity index (χ1) is 12.9. The summed E-state index contributed by atoms with van der Waals surface area (Å²) in [6, 6.07) is 9.81. The molecule has 0 aromatic heterocycles. The minimum atomic E-state index is -4.15. The normalized spacial score (nSPS) is 16.1. The molecule has 1 aliphatic heterocycles. The van der Waals surface area contributed by atoms with Crippen molar-refractivity contribution in [2.24, 2.45) is 4.99 Å². The smallest absolute Gasteiger partial charge is 0.401 e. The van der Waals surface area contributed by atoms with Gasteiger partial charge < -0.3 is 15.0 Å². The van der Waals surface area contributed by atoms with E-state index < -0.39 is 12.7 Å². The lowest BCUT2D eigenvalue weighted by molar-refractivity contribution is -0.143. The first kappa shape index (κ1) is 24.8. The van der Waals surface area contributed by atoms with Crippen LogP contribution in [0.4, 0.5) is 13.2 Å². The lowest BCUT2D eigenvalue weighted by Gasteiger charge is -2.34. The SMILES string of the molecule is CN=C(NCCCN(C)CC(F)(F)F)N1CCC(Oc2ccccc2)CC1.I. The summed E-state index contributed by atoms with van der Waals surface area (Å²) in [5.74, 6) is 1.69. The highest BCUT2D eigenvalue weighted by Gasteiger charge is 2.28. The zero-order chi connectivity index (χ0) is 19.7. The molecule has 0 spiro atoms. The van der Waals surface area contributed by atoms with Crippen LogP contribution < -0.4 is 10.1 Å². The van der Waals surface area contributed by atoms with Crippen molar-refractivity contribution in [1.29, 1.82) is 0 Å². The molecule has 5 nitrogen and oxygen atoms in total. The fourth-order valence-corrected chi connectivity index (χ4v) is 3.14. The number of likely N-dealkylation sites (tertiary alicyclic amines) is 1. The van der Waals surface area contributed by atoms with Crippen molar-refractivity contribution in [2.75, 3.05) is 46.8 Å². The highest BCUT2D eigenvalue weighted by Crippen LogP contribution is 2.19. The molecule has 0 amide bonds. The Bertz CT molecular complexity index is 578. The topological polar surface area (TPSA) is 40.1 Å². The Morgan fingerprint density at radius 2 is 1.89 bits per heavy atom. The molecule has 1 aliphatic rings.